The molecule has 5 rings (SSSR count). The quantitative estimate of drug-likeness (QED) is 0.409. The standard InChI is InChI=1S/C19H11N3O/c1-10-4-5-11-12-6-8-21-17-15(12)18(22-14(11)9-10)19(23)13-3-2-7-20-16(13)17/h2-9H,1H3. The molecule has 1 aromatic carbocycles. The van der Waals surface area contributed by atoms with Crippen molar-refractivity contribution in [3.05, 3.63) is 65.6 Å². The van der Waals surface area contributed by atoms with E-state index >= 15 is 0 Å². The second-order valence-corrected chi connectivity index (χ2v) is 5.79. The summed E-state index contributed by atoms with van der Waals surface area (Å²) in [4.78, 5) is 26.4. The number of pyridine rings is 3. The first kappa shape index (κ1) is 12.4. The topological polar surface area (TPSA) is 55.7 Å². The van der Waals surface area contributed by atoms with E-state index in [0.717, 1.165) is 32.9 Å². The van der Waals surface area contributed by atoms with Crippen LogP contribution < -0.4 is 0 Å². The van der Waals surface area contributed by atoms with Gasteiger partial charge in [0.15, 0.2) is 0 Å². The molecule has 0 bridgehead atoms. The molecule has 0 saturated carbocycles. The number of benzene rings is 1. The van der Waals surface area contributed by atoms with Gasteiger partial charge in [-0.1, -0.05) is 12.1 Å². The Labute approximate surface area is 131 Å². The zero-order valence-electron chi connectivity index (χ0n) is 12.4. The van der Waals surface area contributed by atoms with Crippen LogP contribution in [0.15, 0.2) is 48.8 Å². The fourth-order valence-electron chi connectivity index (χ4n) is 3.31. The number of ketones is 1. The predicted molar refractivity (Wildman–Crippen MR) is 88.4 cm³/mol. The molecule has 0 spiro atoms. The molecule has 23 heavy (non-hydrogen) atoms. The fourth-order valence-corrected chi connectivity index (χ4v) is 3.31. The molecular formula is C19H11N3O. The number of hydrogen-bond acceptors (Lipinski definition) is 4. The highest BCUT2D eigenvalue weighted by Gasteiger charge is 2.29. The van der Waals surface area contributed by atoms with E-state index in [4.69, 9.17) is 0 Å². The molecule has 0 fully saturated rings. The van der Waals surface area contributed by atoms with Gasteiger partial charge in [-0.25, -0.2) is 4.98 Å². The van der Waals surface area contributed by atoms with E-state index in [-0.39, 0.29) is 5.78 Å². The van der Waals surface area contributed by atoms with Gasteiger partial charge in [-0.15, -0.1) is 0 Å². The first-order valence-corrected chi connectivity index (χ1v) is 7.43. The van der Waals surface area contributed by atoms with Crippen LogP contribution in [-0.4, -0.2) is 20.7 Å². The largest absolute Gasteiger partial charge is 0.287 e. The van der Waals surface area contributed by atoms with Gasteiger partial charge in [0.25, 0.3) is 0 Å². The highest BCUT2D eigenvalue weighted by atomic mass is 16.1. The van der Waals surface area contributed by atoms with Gasteiger partial charge in [0, 0.05) is 23.2 Å². The number of carbonyl (C=O) groups excluding carboxylic acids is 1. The summed E-state index contributed by atoms with van der Waals surface area (Å²) in [7, 11) is 0. The number of carbonyl (C=O) groups is 1. The lowest BCUT2D eigenvalue weighted by Gasteiger charge is -2.18. The highest BCUT2D eigenvalue weighted by molar-refractivity contribution is 6.27. The SMILES string of the molecule is Cc1ccc2c(c1)nc1c3c(nccc32)-c2ncccc2C1=O. The van der Waals surface area contributed by atoms with E-state index in [1.54, 1.807) is 24.5 Å². The molecule has 108 valence electrons. The lowest BCUT2D eigenvalue weighted by Crippen LogP contribution is -2.14. The maximum atomic E-state index is 12.9. The van der Waals surface area contributed by atoms with Crippen LogP contribution in [-0.2, 0) is 0 Å². The van der Waals surface area contributed by atoms with E-state index in [2.05, 4.69) is 27.1 Å². The Kier molecular flexibility index (Phi) is 2.26. The van der Waals surface area contributed by atoms with Crippen LogP contribution in [0.25, 0.3) is 33.1 Å². The van der Waals surface area contributed by atoms with Crippen molar-refractivity contribution in [2.45, 2.75) is 6.92 Å². The fraction of sp³-hybridized carbons (Fsp3) is 0.0526. The Balaban J connectivity index is 2.06. The molecule has 4 nitrogen and oxygen atoms in total. The molecule has 0 aliphatic heterocycles. The highest BCUT2D eigenvalue weighted by Crippen LogP contribution is 2.38. The Bertz CT molecular complexity index is 1150. The number of aromatic nitrogens is 3. The van der Waals surface area contributed by atoms with Gasteiger partial charge in [0.2, 0.25) is 5.78 Å². The van der Waals surface area contributed by atoms with Gasteiger partial charge in [-0.3, -0.25) is 14.8 Å². The summed E-state index contributed by atoms with van der Waals surface area (Å²) >= 11 is 0. The third-order valence-electron chi connectivity index (χ3n) is 4.36. The minimum absolute atomic E-state index is 0.0815. The molecular weight excluding hydrogens is 286 g/mol. The van der Waals surface area contributed by atoms with Gasteiger partial charge in [0.05, 0.1) is 16.8 Å². The van der Waals surface area contributed by atoms with Crippen LogP contribution in [0.1, 0.15) is 21.6 Å². The Morgan fingerprint density at radius 3 is 2.65 bits per heavy atom. The Hall–Kier alpha value is -3.14. The molecule has 4 aromatic rings. The average Bonchev–Trinajstić information content (AvgIpc) is 2.59. The van der Waals surface area contributed by atoms with Gasteiger partial charge in [-0.05, 0) is 42.1 Å². The molecule has 0 unspecified atom stereocenters. The summed E-state index contributed by atoms with van der Waals surface area (Å²) in [6, 6.07) is 11.6. The average molecular weight is 297 g/mol. The van der Waals surface area contributed by atoms with Crippen molar-refractivity contribution in [2.24, 2.45) is 0 Å². The van der Waals surface area contributed by atoms with Crippen molar-refractivity contribution in [1.29, 1.82) is 0 Å². The van der Waals surface area contributed by atoms with Crippen LogP contribution >= 0.6 is 0 Å². The van der Waals surface area contributed by atoms with E-state index in [1.807, 2.05) is 19.1 Å². The number of nitrogens with zero attached hydrogens (tertiary/aromatic N) is 3. The van der Waals surface area contributed by atoms with E-state index in [1.165, 1.54) is 0 Å². The molecule has 1 aliphatic carbocycles. The van der Waals surface area contributed by atoms with Gasteiger partial charge in [-0.2, -0.15) is 0 Å². The van der Waals surface area contributed by atoms with Crippen molar-refractivity contribution in [3.63, 3.8) is 0 Å². The zero-order valence-corrected chi connectivity index (χ0v) is 12.4. The normalized spacial score (nSPS) is 12.7. The third kappa shape index (κ3) is 1.55. The van der Waals surface area contributed by atoms with E-state index in [0.29, 0.717) is 17.0 Å². The maximum Gasteiger partial charge on any atom is 0.214 e. The smallest absolute Gasteiger partial charge is 0.214 e. The van der Waals surface area contributed by atoms with E-state index < -0.39 is 0 Å². The first-order chi connectivity index (χ1) is 11.2. The predicted octanol–water partition coefficient (Wildman–Crippen LogP) is 3.70. The minimum atomic E-state index is -0.0815. The Morgan fingerprint density at radius 2 is 1.74 bits per heavy atom. The number of aryl methyl sites for hydroxylation is 1. The molecule has 3 aromatic heterocycles. The lowest BCUT2D eigenvalue weighted by atomic mass is 9.90. The molecule has 0 saturated heterocycles. The van der Waals surface area contributed by atoms with Crippen molar-refractivity contribution in [2.75, 3.05) is 0 Å². The van der Waals surface area contributed by atoms with Crippen molar-refractivity contribution >= 4 is 27.5 Å². The number of rotatable bonds is 0. The number of hydrogen-bond donors (Lipinski definition) is 0. The van der Waals surface area contributed by atoms with Gasteiger partial charge < -0.3 is 0 Å². The second kappa shape index (κ2) is 4.20. The van der Waals surface area contributed by atoms with Crippen molar-refractivity contribution in [1.82, 2.24) is 15.0 Å². The summed E-state index contributed by atoms with van der Waals surface area (Å²) in [5, 5.41) is 2.84. The van der Waals surface area contributed by atoms with Crippen LogP contribution in [0, 0.1) is 6.92 Å². The molecule has 1 aliphatic rings. The monoisotopic (exact) mass is 297 g/mol. The molecule has 0 amide bonds. The summed E-state index contributed by atoms with van der Waals surface area (Å²) in [5.74, 6) is -0.0815. The Morgan fingerprint density at radius 1 is 0.870 bits per heavy atom. The van der Waals surface area contributed by atoms with Crippen LogP contribution in [0.4, 0.5) is 0 Å². The second-order valence-electron chi connectivity index (χ2n) is 5.79. The minimum Gasteiger partial charge on any atom is -0.287 e. The summed E-state index contributed by atoms with van der Waals surface area (Å²) < 4.78 is 0. The maximum absolute atomic E-state index is 12.9. The van der Waals surface area contributed by atoms with Crippen LogP contribution in [0.3, 0.4) is 0 Å². The van der Waals surface area contributed by atoms with Crippen molar-refractivity contribution < 1.29 is 4.79 Å². The summed E-state index contributed by atoms with van der Waals surface area (Å²) in [6.45, 7) is 2.02. The third-order valence-corrected chi connectivity index (χ3v) is 4.36. The van der Waals surface area contributed by atoms with Gasteiger partial charge >= 0.3 is 0 Å². The summed E-state index contributed by atoms with van der Waals surface area (Å²) in [6.07, 6.45) is 3.46. The molecule has 0 atom stereocenters. The molecule has 3 heterocycles. The molecule has 4 heteroatoms. The van der Waals surface area contributed by atoms with E-state index in [9.17, 15) is 4.79 Å². The van der Waals surface area contributed by atoms with Crippen LogP contribution in [0.5, 0.6) is 0 Å². The first-order valence-electron chi connectivity index (χ1n) is 7.43. The summed E-state index contributed by atoms with van der Waals surface area (Å²) in [5.41, 5.74) is 4.38. The number of fused-ring (bicyclic) bond motifs is 4. The molecule has 0 N–H and O–H groups in total. The van der Waals surface area contributed by atoms with Crippen LogP contribution in [0.2, 0.25) is 0 Å². The lowest BCUT2D eigenvalue weighted by molar-refractivity contribution is 0.103. The zero-order chi connectivity index (χ0) is 15.6. The van der Waals surface area contributed by atoms with Crippen molar-refractivity contribution in [3.8, 4) is 11.4 Å². The molecule has 0 radical (unpaired) electrons. The van der Waals surface area contributed by atoms with Gasteiger partial charge in [0.1, 0.15) is 11.4 Å².